The van der Waals surface area contributed by atoms with Crippen molar-refractivity contribution in [3.63, 3.8) is 0 Å². The minimum atomic E-state index is -1.12. The van der Waals surface area contributed by atoms with Gasteiger partial charge in [0, 0.05) is 16.1 Å². The lowest BCUT2D eigenvalue weighted by atomic mass is 9.84. The Morgan fingerprint density at radius 1 is 0.906 bits per heavy atom. The summed E-state index contributed by atoms with van der Waals surface area (Å²) in [6.45, 7) is 5.49. The van der Waals surface area contributed by atoms with Gasteiger partial charge in [0.25, 0.3) is 0 Å². The molecule has 0 atom stereocenters. The fraction of sp³-hybridized carbons (Fsp3) is 0.462. The normalized spacial score (nSPS) is 15.6. The second-order valence-corrected chi connectivity index (χ2v) is 10.5. The van der Waals surface area contributed by atoms with E-state index in [9.17, 15) is 9.59 Å². The minimum absolute atomic E-state index is 0.190. The Kier molecular flexibility index (Phi) is 7.89. The lowest BCUT2D eigenvalue weighted by Gasteiger charge is -2.32. The van der Waals surface area contributed by atoms with E-state index in [-0.39, 0.29) is 11.9 Å². The molecule has 0 heterocycles. The predicted molar refractivity (Wildman–Crippen MR) is 129 cm³/mol. The molecule has 6 heteroatoms. The number of carbonyl (C=O) groups is 2. The van der Waals surface area contributed by atoms with Gasteiger partial charge in [-0.1, -0.05) is 60.3 Å². The van der Waals surface area contributed by atoms with Crippen molar-refractivity contribution in [2.75, 3.05) is 0 Å². The van der Waals surface area contributed by atoms with Crippen LogP contribution >= 0.6 is 23.2 Å². The van der Waals surface area contributed by atoms with E-state index in [1.54, 1.807) is 0 Å². The number of nitrogens with one attached hydrogen (secondary N) is 1. The Morgan fingerprint density at radius 2 is 1.34 bits per heavy atom. The predicted octanol–water partition coefficient (Wildman–Crippen LogP) is 6.17. The summed E-state index contributed by atoms with van der Waals surface area (Å²) in [6, 6.07) is 15.0. The van der Waals surface area contributed by atoms with Crippen molar-refractivity contribution in [1.82, 2.24) is 5.32 Å². The van der Waals surface area contributed by atoms with Crippen molar-refractivity contribution in [3.05, 3.63) is 69.7 Å². The first kappa shape index (κ1) is 24.6. The summed E-state index contributed by atoms with van der Waals surface area (Å²) in [5.74, 6) is -0.658. The number of hydrogen-bond acceptors (Lipinski definition) is 3. The Hall–Kier alpha value is -2.04. The van der Waals surface area contributed by atoms with Crippen LogP contribution in [0.5, 0.6) is 0 Å². The molecule has 4 nitrogen and oxygen atoms in total. The second-order valence-electron chi connectivity index (χ2n) is 9.62. The van der Waals surface area contributed by atoms with Crippen molar-refractivity contribution < 1.29 is 14.3 Å². The van der Waals surface area contributed by atoms with Crippen molar-refractivity contribution in [2.24, 2.45) is 5.41 Å². The van der Waals surface area contributed by atoms with Gasteiger partial charge < -0.3 is 10.1 Å². The SMILES string of the molecule is CC(C)(C)OC(=O)C1(C(=O)NC(Cc2ccc(Cl)cc2)Cc2ccc(Cl)cc2)CCCC1. The van der Waals surface area contributed by atoms with Crippen LogP contribution in [-0.4, -0.2) is 23.5 Å². The summed E-state index contributed by atoms with van der Waals surface area (Å²) in [7, 11) is 0. The maximum absolute atomic E-state index is 13.5. The first-order valence-corrected chi connectivity index (χ1v) is 11.9. The summed E-state index contributed by atoms with van der Waals surface area (Å²) < 4.78 is 5.66. The van der Waals surface area contributed by atoms with Gasteiger partial charge >= 0.3 is 5.97 Å². The largest absolute Gasteiger partial charge is 0.459 e. The molecule has 0 saturated heterocycles. The van der Waals surface area contributed by atoms with Gasteiger partial charge in [0.1, 0.15) is 11.0 Å². The third-order valence-corrected chi connectivity index (χ3v) is 6.31. The van der Waals surface area contributed by atoms with Crippen LogP contribution in [0.15, 0.2) is 48.5 Å². The van der Waals surface area contributed by atoms with Gasteiger partial charge in [0.05, 0.1) is 0 Å². The van der Waals surface area contributed by atoms with Crippen LogP contribution in [0, 0.1) is 5.41 Å². The van der Waals surface area contributed by atoms with E-state index in [0.29, 0.717) is 35.7 Å². The average molecular weight is 476 g/mol. The van der Waals surface area contributed by atoms with E-state index in [1.165, 1.54) is 0 Å². The molecule has 1 aliphatic rings. The third-order valence-electron chi connectivity index (χ3n) is 5.81. The molecule has 1 N–H and O–H groups in total. The van der Waals surface area contributed by atoms with E-state index in [1.807, 2.05) is 69.3 Å². The Balaban J connectivity index is 1.82. The molecule has 1 fully saturated rings. The molecule has 2 aromatic rings. The molecule has 0 aliphatic heterocycles. The average Bonchev–Trinajstić information content (AvgIpc) is 3.22. The molecule has 172 valence electrons. The number of rotatable bonds is 7. The monoisotopic (exact) mass is 475 g/mol. The molecule has 0 aromatic heterocycles. The highest BCUT2D eigenvalue weighted by atomic mass is 35.5. The van der Waals surface area contributed by atoms with Crippen molar-refractivity contribution in [2.45, 2.75) is 70.9 Å². The Morgan fingerprint density at radius 3 is 1.75 bits per heavy atom. The minimum Gasteiger partial charge on any atom is -0.459 e. The fourth-order valence-corrected chi connectivity index (χ4v) is 4.44. The highest BCUT2D eigenvalue weighted by Gasteiger charge is 2.50. The maximum Gasteiger partial charge on any atom is 0.322 e. The first-order valence-electron chi connectivity index (χ1n) is 11.1. The fourth-order valence-electron chi connectivity index (χ4n) is 4.19. The third kappa shape index (κ3) is 6.49. The summed E-state index contributed by atoms with van der Waals surface area (Å²) in [6.07, 6.45) is 3.95. The molecule has 32 heavy (non-hydrogen) atoms. The molecule has 3 rings (SSSR count). The number of halogens is 2. The standard InChI is InChI=1S/C26H31Cl2NO3/c1-25(2,3)32-24(31)26(14-4-5-15-26)23(30)29-22(16-18-6-10-20(27)11-7-18)17-19-8-12-21(28)13-9-19/h6-13,22H,4-5,14-17H2,1-3H3,(H,29,30). The Bertz CT molecular complexity index is 880. The number of carbonyl (C=O) groups excluding carboxylic acids is 2. The summed E-state index contributed by atoms with van der Waals surface area (Å²) in [4.78, 5) is 26.6. The van der Waals surface area contributed by atoms with E-state index in [2.05, 4.69) is 5.32 Å². The molecule has 0 bridgehead atoms. The van der Waals surface area contributed by atoms with Gasteiger partial charge in [-0.05, 0) is 81.8 Å². The molecule has 0 radical (unpaired) electrons. The van der Waals surface area contributed by atoms with Crippen molar-refractivity contribution in [3.8, 4) is 0 Å². The lowest BCUT2D eigenvalue weighted by molar-refractivity contribution is -0.171. The first-order chi connectivity index (χ1) is 15.1. The molecular formula is C26H31Cl2NO3. The van der Waals surface area contributed by atoms with Crippen LogP contribution < -0.4 is 5.32 Å². The molecule has 1 saturated carbocycles. The van der Waals surface area contributed by atoms with E-state index in [4.69, 9.17) is 27.9 Å². The zero-order chi connectivity index (χ0) is 23.4. The second kappa shape index (κ2) is 10.3. The van der Waals surface area contributed by atoms with Crippen molar-refractivity contribution in [1.29, 1.82) is 0 Å². The van der Waals surface area contributed by atoms with Gasteiger partial charge in [-0.3, -0.25) is 9.59 Å². The number of amides is 1. The topological polar surface area (TPSA) is 55.4 Å². The molecule has 1 amide bonds. The number of ether oxygens (including phenoxy) is 1. The van der Waals surface area contributed by atoms with Gasteiger partial charge in [-0.25, -0.2) is 0 Å². The Labute approximate surface area is 200 Å². The molecule has 0 spiro atoms. The molecule has 0 unspecified atom stereocenters. The van der Waals surface area contributed by atoms with Crippen LogP contribution in [0.3, 0.4) is 0 Å². The zero-order valence-electron chi connectivity index (χ0n) is 18.9. The zero-order valence-corrected chi connectivity index (χ0v) is 20.4. The van der Waals surface area contributed by atoms with E-state index < -0.39 is 17.0 Å². The number of esters is 1. The van der Waals surface area contributed by atoms with E-state index in [0.717, 1.165) is 24.0 Å². The van der Waals surface area contributed by atoms with Crippen LogP contribution in [0.25, 0.3) is 0 Å². The molecular weight excluding hydrogens is 445 g/mol. The van der Waals surface area contributed by atoms with Gasteiger partial charge in [0.2, 0.25) is 5.91 Å². The number of benzene rings is 2. The molecule has 2 aromatic carbocycles. The summed E-state index contributed by atoms with van der Waals surface area (Å²) in [5, 5.41) is 4.52. The molecule has 1 aliphatic carbocycles. The highest BCUT2D eigenvalue weighted by Crippen LogP contribution is 2.40. The van der Waals surface area contributed by atoms with Crippen LogP contribution in [0.4, 0.5) is 0 Å². The van der Waals surface area contributed by atoms with Crippen LogP contribution in [0.2, 0.25) is 10.0 Å². The van der Waals surface area contributed by atoms with Crippen LogP contribution in [0.1, 0.15) is 57.6 Å². The summed E-state index contributed by atoms with van der Waals surface area (Å²) >= 11 is 12.1. The van der Waals surface area contributed by atoms with Gasteiger partial charge in [0.15, 0.2) is 0 Å². The number of hydrogen-bond donors (Lipinski definition) is 1. The van der Waals surface area contributed by atoms with Gasteiger partial charge in [-0.2, -0.15) is 0 Å². The quantitative estimate of drug-likeness (QED) is 0.384. The highest BCUT2D eigenvalue weighted by molar-refractivity contribution is 6.30. The smallest absolute Gasteiger partial charge is 0.322 e. The van der Waals surface area contributed by atoms with Gasteiger partial charge in [-0.15, -0.1) is 0 Å². The van der Waals surface area contributed by atoms with Crippen LogP contribution in [-0.2, 0) is 27.2 Å². The summed E-state index contributed by atoms with van der Waals surface area (Å²) in [5.41, 5.74) is 0.364. The van der Waals surface area contributed by atoms with Crippen molar-refractivity contribution >= 4 is 35.1 Å². The van der Waals surface area contributed by atoms with E-state index >= 15 is 0 Å². The maximum atomic E-state index is 13.5. The lowest BCUT2D eigenvalue weighted by Crippen LogP contribution is -2.51.